The van der Waals surface area contributed by atoms with Crippen molar-refractivity contribution in [3.05, 3.63) is 23.8 Å². The summed E-state index contributed by atoms with van der Waals surface area (Å²) in [6, 6.07) is 5.28. The van der Waals surface area contributed by atoms with E-state index in [-0.39, 0.29) is 6.42 Å². The Morgan fingerprint density at radius 2 is 2.12 bits per heavy atom. The molecule has 0 fully saturated rings. The molecule has 1 atom stereocenters. The van der Waals surface area contributed by atoms with Crippen molar-refractivity contribution in [3.63, 3.8) is 0 Å². The van der Waals surface area contributed by atoms with Crippen molar-refractivity contribution in [2.24, 2.45) is 0 Å². The standard InChI is InChI=1S/C12H15ClO4/c1-16-8-3-5-11(17-2)9(7-8)10(13)4-6-12(14)15/h3,5,7,10H,4,6H2,1-2H3,(H,14,15). The molecule has 0 bridgehead atoms. The molecule has 0 aliphatic rings. The number of hydrogen-bond donors (Lipinski definition) is 1. The molecule has 1 N–H and O–H groups in total. The van der Waals surface area contributed by atoms with Gasteiger partial charge in [0.1, 0.15) is 11.5 Å². The number of carbonyl (C=O) groups is 1. The summed E-state index contributed by atoms with van der Waals surface area (Å²) in [4.78, 5) is 10.5. The quantitative estimate of drug-likeness (QED) is 0.797. The molecule has 0 saturated carbocycles. The Morgan fingerprint density at radius 3 is 2.65 bits per heavy atom. The predicted octanol–water partition coefficient (Wildman–Crippen LogP) is 2.85. The zero-order valence-electron chi connectivity index (χ0n) is 9.77. The molecule has 0 aliphatic carbocycles. The molecule has 1 aromatic carbocycles. The Labute approximate surface area is 105 Å². The molecule has 94 valence electrons. The zero-order valence-corrected chi connectivity index (χ0v) is 10.5. The number of carboxylic acids is 1. The highest BCUT2D eigenvalue weighted by Crippen LogP contribution is 2.35. The van der Waals surface area contributed by atoms with E-state index in [1.165, 1.54) is 0 Å². The van der Waals surface area contributed by atoms with E-state index in [4.69, 9.17) is 26.2 Å². The van der Waals surface area contributed by atoms with Crippen LogP contribution >= 0.6 is 11.6 Å². The second-order valence-corrected chi connectivity index (χ2v) is 4.03. The molecule has 4 nitrogen and oxygen atoms in total. The molecule has 17 heavy (non-hydrogen) atoms. The van der Waals surface area contributed by atoms with Gasteiger partial charge in [0.2, 0.25) is 0 Å². The van der Waals surface area contributed by atoms with Crippen LogP contribution in [0.25, 0.3) is 0 Å². The fraction of sp³-hybridized carbons (Fsp3) is 0.417. The molecule has 5 heteroatoms. The third kappa shape index (κ3) is 3.82. The molecule has 0 radical (unpaired) electrons. The van der Waals surface area contributed by atoms with Gasteiger partial charge in [-0.2, -0.15) is 0 Å². The number of alkyl halides is 1. The first-order valence-electron chi connectivity index (χ1n) is 5.16. The van der Waals surface area contributed by atoms with E-state index in [0.29, 0.717) is 17.9 Å². The number of ether oxygens (including phenoxy) is 2. The predicted molar refractivity (Wildman–Crippen MR) is 65.0 cm³/mol. The molecule has 0 spiro atoms. The number of rotatable bonds is 6. The first-order valence-corrected chi connectivity index (χ1v) is 5.60. The van der Waals surface area contributed by atoms with Gasteiger partial charge in [-0.25, -0.2) is 0 Å². The van der Waals surface area contributed by atoms with Crippen molar-refractivity contribution >= 4 is 17.6 Å². The van der Waals surface area contributed by atoms with E-state index in [1.807, 2.05) is 0 Å². The molecule has 0 heterocycles. The van der Waals surface area contributed by atoms with Crippen LogP contribution in [0.2, 0.25) is 0 Å². The lowest BCUT2D eigenvalue weighted by Gasteiger charge is -2.14. The minimum atomic E-state index is -0.863. The van der Waals surface area contributed by atoms with Gasteiger partial charge in [-0.05, 0) is 24.6 Å². The number of carboxylic acid groups (broad SMARTS) is 1. The number of methoxy groups -OCH3 is 2. The van der Waals surface area contributed by atoms with Crippen LogP contribution < -0.4 is 9.47 Å². The Balaban J connectivity index is 2.88. The highest BCUT2D eigenvalue weighted by Gasteiger charge is 2.15. The maximum atomic E-state index is 10.5. The van der Waals surface area contributed by atoms with Crippen molar-refractivity contribution in [1.82, 2.24) is 0 Å². The number of halogens is 1. The minimum Gasteiger partial charge on any atom is -0.497 e. The normalized spacial score (nSPS) is 11.9. The maximum absolute atomic E-state index is 10.5. The lowest BCUT2D eigenvalue weighted by atomic mass is 10.1. The first-order chi connectivity index (χ1) is 8.08. The van der Waals surface area contributed by atoms with Crippen molar-refractivity contribution in [2.45, 2.75) is 18.2 Å². The number of aliphatic carboxylic acids is 1. The highest BCUT2D eigenvalue weighted by atomic mass is 35.5. The first kappa shape index (κ1) is 13.6. The van der Waals surface area contributed by atoms with Crippen molar-refractivity contribution < 1.29 is 19.4 Å². The highest BCUT2D eigenvalue weighted by molar-refractivity contribution is 6.21. The Morgan fingerprint density at radius 1 is 1.41 bits per heavy atom. The third-order valence-corrected chi connectivity index (χ3v) is 2.84. The van der Waals surface area contributed by atoms with Crippen LogP contribution in [0.3, 0.4) is 0 Å². The van der Waals surface area contributed by atoms with E-state index in [9.17, 15) is 4.79 Å². The van der Waals surface area contributed by atoms with E-state index < -0.39 is 11.3 Å². The lowest BCUT2D eigenvalue weighted by Crippen LogP contribution is -2.01. The summed E-state index contributed by atoms with van der Waals surface area (Å²) in [5, 5.41) is 8.22. The molecule has 1 aromatic rings. The van der Waals surface area contributed by atoms with E-state index >= 15 is 0 Å². The van der Waals surface area contributed by atoms with Crippen LogP contribution in [-0.2, 0) is 4.79 Å². The van der Waals surface area contributed by atoms with Crippen LogP contribution in [0.4, 0.5) is 0 Å². The second-order valence-electron chi connectivity index (χ2n) is 3.51. The summed E-state index contributed by atoms with van der Waals surface area (Å²) in [6.45, 7) is 0. The Hall–Kier alpha value is -1.42. The van der Waals surface area contributed by atoms with E-state index in [1.54, 1.807) is 32.4 Å². The fourth-order valence-corrected chi connectivity index (χ4v) is 1.77. The summed E-state index contributed by atoms with van der Waals surface area (Å²) in [5.41, 5.74) is 0.745. The summed E-state index contributed by atoms with van der Waals surface area (Å²) in [7, 11) is 3.11. The molecule has 1 rings (SSSR count). The van der Waals surface area contributed by atoms with Gasteiger partial charge in [0.05, 0.1) is 19.6 Å². The zero-order chi connectivity index (χ0) is 12.8. The van der Waals surface area contributed by atoms with Crippen LogP contribution in [-0.4, -0.2) is 25.3 Å². The monoisotopic (exact) mass is 258 g/mol. The van der Waals surface area contributed by atoms with Crippen molar-refractivity contribution in [1.29, 1.82) is 0 Å². The van der Waals surface area contributed by atoms with Gasteiger partial charge < -0.3 is 14.6 Å². The van der Waals surface area contributed by atoms with E-state index in [2.05, 4.69) is 0 Å². The molecular weight excluding hydrogens is 244 g/mol. The van der Waals surface area contributed by atoms with Gasteiger partial charge in [-0.15, -0.1) is 11.6 Å². The smallest absolute Gasteiger partial charge is 0.303 e. The van der Waals surface area contributed by atoms with Gasteiger partial charge in [-0.3, -0.25) is 4.79 Å². The molecule has 1 unspecified atom stereocenters. The van der Waals surface area contributed by atoms with Gasteiger partial charge in [-0.1, -0.05) is 0 Å². The summed E-state index contributed by atoms with van der Waals surface area (Å²) < 4.78 is 10.3. The maximum Gasteiger partial charge on any atom is 0.303 e. The van der Waals surface area contributed by atoms with Crippen LogP contribution in [0, 0.1) is 0 Å². The fourth-order valence-electron chi connectivity index (χ4n) is 1.49. The largest absolute Gasteiger partial charge is 0.497 e. The van der Waals surface area contributed by atoms with Gasteiger partial charge >= 0.3 is 5.97 Å². The number of hydrogen-bond acceptors (Lipinski definition) is 3. The Bertz CT molecular complexity index is 392. The molecular formula is C12H15ClO4. The van der Waals surface area contributed by atoms with Gasteiger partial charge in [0.25, 0.3) is 0 Å². The number of benzene rings is 1. The lowest BCUT2D eigenvalue weighted by molar-refractivity contribution is -0.137. The average molecular weight is 259 g/mol. The minimum absolute atomic E-state index is 0.0224. The molecule has 0 saturated heterocycles. The summed E-state index contributed by atoms with van der Waals surface area (Å²) in [5.74, 6) is 0.440. The van der Waals surface area contributed by atoms with Crippen LogP contribution in [0.15, 0.2) is 18.2 Å². The third-order valence-electron chi connectivity index (χ3n) is 2.39. The van der Waals surface area contributed by atoms with Gasteiger partial charge in [0, 0.05) is 12.0 Å². The van der Waals surface area contributed by atoms with E-state index in [0.717, 1.165) is 5.56 Å². The average Bonchev–Trinajstić information content (AvgIpc) is 2.34. The molecule has 0 aliphatic heterocycles. The Kier molecular flexibility index (Phi) is 5.10. The van der Waals surface area contributed by atoms with Crippen molar-refractivity contribution in [2.75, 3.05) is 14.2 Å². The van der Waals surface area contributed by atoms with Gasteiger partial charge in [0.15, 0.2) is 0 Å². The molecule has 0 amide bonds. The van der Waals surface area contributed by atoms with Crippen LogP contribution in [0.5, 0.6) is 11.5 Å². The summed E-state index contributed by atoms with van der Waals surface area (Å²) >= 11 is 6.16. The SMILES string of the molecule is COc1ccc(OC)c(C(Cl)CCC(=O)O)c1. The van der Waals surface area contributed by atoms with Crippen LogP contribution in [0.1, 0.15) is 23.8 Å². The molecule has 0 aromatic heterocycles. The van der Waals surface area contributed by atoms with Crippen molar-refractivity contribution in [3.8, 4) is 11.5 Å². The summed E-state index contributed by atoms with van der Waals surface area (Å²) in [6.07, 6.45) is 0.370. The second kappa shape index (κ2) is 6.35. The topological polar surface area (TPSA) is 55.8 Å².